The summed E-state index contributed by atoms with van der Waals surface area (Å²) in [5.74, 6) is 1.30. The number of amides is 2. The number of ether oxygens (including phenoxy) is 3. The number of halogens is 1. The van der Waals surface area contributed by atoms with Gasteiger partial charge in [0, 0.05) is 25.2 Å². The highest BCUT2D eigenvalue weighted by atomic mass is 35.5. The maximum Gasteiger partial charge on any atom is 0.332 e. The third kappa shape index (κ3) is 6.60. The van der Waals surface area contributed by atoms with E-state index in [2.05, 4.69) is 10.6 Å². The molecule has 3 heterocycles. The van der Waals surface area contributed by atoms with E-state index in [1.807, 2.05) is 18.2 Å². The summed E-state index contributed by atoms with van der Waals surface area (Å²) in [5.41, 5.74) is 0.830. The van der Waals surface area contributed by atoms with E-state index >= 15 is 0 Å². The lowest BCUT2D eigenvalue weighted by atomic mass is 10.1. The van der Waals surface area contributed by atoms with E-state index in [0.717, 1.165) is 10.1 Å². The van der Waals surface area contributed by atoms with E-state index in [9.17, 15) is 19.2 Å². The highest BCUT2D eigenvalue weighted by molar-refractivity contribution is 7.17. The Hall–Kier alpha value is -4.29. The van der Waals surface area contributed by atoms with Crippen molar-refractivity contribution in [1.29, 1.82) is 0 Å². The molecule has 2 aromatic carbocycles. The number of hydrogen-bond acceptors (Lipinski definition) is 8. The van der Waals surface area contributed by atoms with Crippen molar-refractivity contribution in [3.05, 3.63) is 79.3 Å². The molecule has 0 atom stereocenters. The number of methoxy groups -OCH3 is 1. The van der Waals surface area contributed by atoms with Crippen molar-refractivity contribution in [1.82, 2.24) is 14.5 Å². The van der Waals surface area contributed by atoms with Gasteiger partial charge in [-0.25, -0.2) is 4.79 Å². The van der Waals surface area contributed by atoms with Crippen molar-refractivity contribution in [2.45, 2.75) is 45.3 Å². The Balaban J connectivity index is 1.15. The van der Waals surface area contributed by atoms with Crippen LogP contribution < -0.4 is 36.1 Å². The monoisotopic (exact) mass is 612 g/mol. The smallest absolute Gasteiger partial charge is 0.332 e. The second-order valence-electron chi connectivity index (χ2n) is 9.63. The Morgan fingerprint density at radius 2 is 1.83 bits per heavy atom. The largest absolute Gasteiger partial charge is 0.495 e. The summed E-state index contributed by atoms with van der Waals surface area (Å²) in [5, 5.41) is 7.68. The number of aromatic nitrogens is 2. The van der Waals surface area contributed by atoms with Crippen molar-refractivity contribution in [3.8, 4) is 17.2 Å². The molecule has 0 bridgehead atoms. The molecule has 2 amide bonds. The van der Waals surface area contributed by atoms with Crippen LogP contribution in [0.25, 0.3) is 10.2 Å². The van der Waals surface area contributed by atoms with Crippen LogP contribution in [0.5, 0.6) is 17.2 Å². The Bertz CT molecular complexity index is 1750. The van der Waals surface area contributed by atoms with E-state index in [0.29, 0.717) is 70.4 Å². The molecular weight excluding hydrogens is 584 g/mol. The summed E-state index contributed by atoms with van der Waals surface area (Å²) < 4.78 is 18.7. The number of benzene rings is 2. The molecule has 2 N–H and O–H groups in total. The summed E-state index contributed by atoms with van der Waals surface area (Å²) in [4.78, 5) is 51.5. The molecule has 4 aromatic rings. The van der Waals surface area contributed by atoms with Crippen molar-refractivity contribution in [2.24, 2.45) is 0 Å². The molecule has 0 fully saturated rings. The molecule has 0 radical (unpaired) electrons. The number of rotatable bonds is 12. The van der Waals surface area contributed by atoms with E-state index < -0.39 is 11.6 Å². The molecule has 0 saturated carbocycles. The lowest BCUT2D eigenvalue weighted by Crippen LogP contribution is -2.41. The van der Waals surface area contributed by atoms with Gasteiger partial charge in [-0.15, -0.1) is 11.3 Å². The SMILES string of the molecule is COc1ccc(NC(=O)Cn2c(=O)n(CCCCCC(=O)NCc3ccc4c(c3)OCO4)c(=O)c3sccc32)cc1Cl. The summed E-state index contributed by atoms with van der Waals surface area (Å²) in [6.45, 7) is 0.478. The minimum atomic E-state index is -0.560. The molecule has 0 saturated heterocycles. The molecule has 1 aliphatic rings. The van der Waals surface area contributed by atoms with E-state index in [1.165, 1.54) is 23.0 Å². The number of carbonyl (C=O) groups is 2. The summed E-state index contributed by atoms with van der Waals surface area (Å²) in [7, 11) is 1.49. The van der Waals surface area contributed by atoms with Crippen LogP contribution in [0.4, 0.5) is 5.69 Å². The zero-order valence-electron chi connectivity index (χ0n) is 22.8. The van der Waals surface area contributed by atoms with Gasteiger partial charge in [0.25, 0.3) is 5.56 Å². The maximum atomic E-state index is 13.3. The fourth-order valence-electron chi connectivity index (χ4n) is 4.64. The summed E-state index contributed by atoms with van der Waals surface area (Å²) in [6.07, 6.45) is 2.09. The first-order chi connectivity index (χ1) is 20.3. The molecule has 0 unspecified atom stereocenters. The highest BCUT2D eigenvalue weighted by Gasteiger charge is 2.17. The van der Waals surface area contributed by atoms with Gasteiger partial charge in [0.1, 0.15) is 17.0 Å². The third-order valence-corrected chi connectivity index (χ3v) is 7.97. The van der Waals surface area contributed by atoms with Crippen LogP contribution in [0.2, 0.25) is 5.02 Å². The van der Waals surface area contributed by atoms with Gasteiger partial charge in [0.2, 0.25) is 18.6 Å². The van der Waals surface area contributed by atoms with Gasteiger partial charge in [-0.1, -0.05) is 24.1 Å². The fourth-order valence-corrected chi connectivity index (χ4v) is 5.74. The number of unbranched alkanes of at least 4 members (excludes halogenated alkanes) is 2. The first kappa shape index (κ1) is 29.2. The van der Waals surface area contributed by atoms with Crippen LogP contribution >= 0.6 is 22.9 Å². The lowest BCUT2D eigenvalue weighted by molar-refractivity contribution is -0.121. The second-order valence-corrected chi connectivity index (χ2v) is 11.0. The van der Waals surface area contributed by atoms with Gasteiger partial charge >= 0.3 is 5.69 Å². The standard InChI is InChI=1S/C29H29ClN4O7S/c1-39-22-9-7-19(14-20(22)30)32-26(36)16-34-21-10-12-42-27(21)28(37)33(29(34)38)11-4-2-3-5-25(35)31-15-18-6-8-23-24(13-18)41-17-40-23/h6-10,12-14H,2-5,11,15-17H2,1H3,(H,31,35)(H,32,36). The number of anilines is 1. The molecule has 42 heavy (non-hydrogen) atoms. The van der Waals surface area contributed by atoms with Gasteiger partial charge in [-0.05, 0) is 60.2 Å². The normalized spacial score (nSPS) is 12.0. The molecule has 220 valence electrons. The highest BCUT2D eigenvalue weighted by Crippen LogP contribution is 2.32. The summed E-state index contributed by atoms with van der Waals surface area (Å²) in [6, 6.07) is 12.0. The number of carbonyl (C=O) groups excluding carboxylic acids is 2. The van der Waals surface area contributed by atoms with Crippen LogP contribution in [0.15, 0.2) is 57.4 Å². The second kappa shape index (κ2) is 13.1. The molecule has 0 aliphatic carbocycles. The van der Waals surface area contributed by atoms with Gasteiger partial charge in [-0.2, -0.15) is 0 Å². The Morgan fingerprint density at radius 3 is 2.64 bits per heavy atom. The molecule has 1 aliphatic heterocycles. The van der Waals surface area contributed by atoms with E-state index in [1.54, 1.807) is 29.6 Å². The average Bonchev–Trinajstić information content (AvgIpc) is 3.65. The molecule has 0 spiro atoms. The van der Waals surface area contributed by atoms with Crippen LogP contribution in [0, 0.1) is 0 Å². The lowest BCUT2D eigenvalue weighted by Gasteiger charge is -2.13. The zero-order chi connectivity index (χ0) is 29.6. The molecular formula is C29H29ClN4O7S. The van der Waals surface area contributed by atoms with Gasteiger partial charge in [0.05, 0.1) is 17.6 Å². The minimum absolute atomic E-state index is 0.0867. The van der Waals surface area contributed by atoms with Crippen LogP contribution in [0.1, 0.15) is 31.2 Å². The average molecular weight is 613 g/mol. The number of nitrogens with one attached hydrogen (secondary N) is 2. The van der Waals surface area contributed by atoms with Crippen LogP contribution in [0.3, 0.4) is 0 Å². The Kier molecular flexibility index (Phi) is 9.13. The number of nitrogens with zero attached hydrogens (tertiary/aromatic N) is 2. The fraction of sp³-hybridized carbons (Fsp3) is 0.310. The maximum absolute atomic E-state index is 13.3. The number of fused-ring (bicyclic) bond motifs is 2. The van der Waals surface area contributed by atoms with E-state index in [4.69, 9.17) is 25.8 Å². The van der Waals surface area contributed by atoms with Crippen molar-refractivity contribution < 1.29 is 23.8 Å². The van der Waals surface area contributed by atoms with Gasteiger partial charge in [-0.3, -0.25) is 23.5 Å². The molecule has 11 nitrogen and oxygen atoms in total. The van der Waals surface area contributed by atoms with Crippen molar-refractivity contribution in [3.63, 3.8) is 0 Å². The molecule has 2 aromatic heterocycles. The third-order valence-electron chi connectivity index (χ3n) is 6.79. The number of thiophene rings is 1. The minimum Gasteiger partial charge on any atom is -0.495 e. The topological polar surface area (TPSA) is 130 Å². The van der Waals surface area contributed by atoms with Gasteiger partial charge < -0.3 is 24.8 Å². The predicted octanol–water partition coefficient (Wildman–Crippen LogP) is 4.13. The van der Waals surface area contributed by atoms with Crippen molar-refractivity contribution >= 4 is 50.7 Å². The first-order valence-corrected chi connectivity index (χ1v) is 14.6. The Morgan fingerprint density at radius 1 is 1.00 bits per heavy atom. The van der Waals surface area contributed by atoms with Crippen LogP contribution in [-0.4, -0.2) is 34.9 Å². The van der Waals surface area contributed by atoms with Gasteiger partial charge in [0.15, 0.2) is 11.5 Å². The molecule has 13 heteroatoms. The molecule has 5 rings (SSSR count). The summed E-state index contributed by atoms with van der Waals surface area (Å²) >= 11 is 7.37. The first-order valence-electron chi connectivity index (χ1n) is 13.3. The van der Waals surface area contributed by atoms with Crippen molar-refractivity contribution in [2.75, 3.05) is 19.2 Å². The number of hydrogen-bond donors (Lipinski definition) is 2. The predicted molar refractivity (Wildman–Crippen MR) is 160 cm³/mol. The zero-order valence-corrected chi connectivity index (χ0v) is 24.4. The Labute approximate surface area is 249 Å². The van der Waals surface area contributed by atoms with E-state index in [-0.39, 0.29) is 31.3 Å². The van der Waals surface area contributed by atoms with Crippen LogP contribution in [-0.2, 0) is 29.2 Å². The quantitative estimate of drug-likeness (QED) is 0.230.